The predicted molar refractivity (Wildman–Crippen MR) is 95.4 cm³/mol. The molecule has 0 N–H and O–H groups in total. The Labute approximate surface area is 141 Å². The lowest BCUT2D eigenvalue weighted by Crippen LogP contribution is -2.45. The second kappa shape index (κ2) is 10.6. The third-order valence-corrected chi connectivity index (χ3v) is 5.17. The molecule has 0 aromatic rings. The molecule has 2 saturated carbocycles. The molecule has 0 heterocycles. The van der Waals surface area contributed by atoms with Crippen LogP contribution in [0.4, 0.5) is 0 Å². The first-order chi connectivity index (χ1) is 11.3. The first-order valence-electron chi connectivity index (χ1n) is 9.57. The van der Waals surface area contributed by atoms with Gasteiger partial charge in [0.2, 0.25) is 0 Å². The van der Waals surface area contributed by atoms with Gasteiger partial charge in [-0.15, -0.1) is 0 Å². The molecule has 130 valence electrons. The molecule has 2 aliphatic rings. The summed E-state index contributed by atoms with van der Waals surface area (Å²) in [5.74, 6) is -0.256. The highest BCUT2D eigenvalue weighted by atomic mass is 16.5. The standard InChI is InChI=1S/C20H33NO2/c1-2-23-20(22)16-10-5-11-17-21(18-12-6-3-7-13-18)19-14-8-4-9-15-19/h5,10-11,16,18-19H,2-4,6-9,12-15,17H2,1H3. The van der Waals surface area contributed by atoms with Crippen molar-refractivity contribution < 1.29 is 9.53 Å². The van der Waals surface area contributed by atoms with Gasteiger partial charge in [-0.3, -0.25) is 4.90 Å². The summed E-state index contributed by atoms with van der Waals surface area (Å²) in [5.41, 5.74) is 0. The number of hydrogen-bond acceptors (Lipinski definition) is 3. The SMILES string of the molecule is CCOC(=O)C=CC=CCN(C1CCCCC1)C1CCCCC1. The van der Waals surface area contributed by atoms with Crippen LogP contribution in [-0.2, 0) is 9.53 Å². The molecule has 0 unspecified atom stereocenters. The van der Waals surface area contributed by atoms with Crippen molar-refractivity contribution in [3.63, 3.8) is 0 Å². The summed E-state index contributed by atoms with van der Waals surface area (Å²) in [6.45, 7) is 3.28. The molecule has 0 spiro atoms. The molecule has 0 amide bonds. The van der Waals surface area contributed by atoms with E-state index in [9.17, 15) is 4.79 Å². The smallest absolute Gasteiger partial charge is 0.330 e. The molecule has 0 radical (unpaired) electrons. The number of carbonyl (C=O) groups excluding carboxylic acids is 1. The molecule has 3 nitrogen and oxygen atoms in total. The van der Waals surface area contributed by atoms with E-state index in [1.54, 1.807) is 6.08 Å². The zero-order valence-corrected chi connectivity index (χ0v) is 14.7. The fourth-order valence-corrected chi connectivity index (χ4v) is 4.01. The first-order valence-corrected chi connectivity index (χ1v) is 9.57. The largest absolute Gasteiger partial charge is 0.463 e. The van der Waals surface area contributed by atoms with Crippen LogP contribution in [0.3, 0.4) is 0 Å². The van der Waals surface area contributed by atoms with Crippen molar-refractivity contribution in [2.24, 2.45) is 0 Å². The van der Waals surface area contributed by atoms with E-state index >= 15 is 0 Å². The fourth-order valence-electron chi connectivity index (χ4n) is 4.01. The summed E-state index contributed by atoms with van der Waals surface area (Å²) in [5, 5.41) is 0. The van der Waals surface area contributed by atoms with E-state index in [-0.39, 0.29) is 5.97 Å². The number of allylic oxidation sites excluding steroid dienone is 2. The second-order valence-corrected chi connectivity index (χ2v) is 6.82. The normalized spacial score (nSPS) is 21.5. The summed E-state index contributed by atoms with van der Waals surface area (Å²) in [6.07, 6.45) is 21.3. The molecular formula is C20H33NO2. The van der Waals surface area contributed by atoms with E-state index in [2.05, 4.69) is 11.0 Å². The fraction of sp³-hybridized carbons (Fsp3) is 0.750. The quantitative estimate of drug-likeness (QED) is 0.389. The number of hydrogen-bond donors (Lipinski definition) is 0. The predicted octanol–water partition coefficient (Wildman–Crippen LogP) is 4.63. The van der Waals surface area contributed by atoms with Crippen molar-refractivity contribution in [2.75, 3.05) is 13.2 Å². The van der Waals surface area contributed by atoms with Crippen molar-refractivity contribution in [1.82, 2.24) is 4.90 Å². The maximum absolute atomic E-state index is 11.3. The van der Waals surface area contributed by atoms with E-state index < -0.39 is 0 Å². The zero-order valence-electron chi connectivity index (χ0n) is 14.7. The van der Waals surface area contributed by atoms with Gasteiger partial charge in [0, 0.05) is 24.7 Å². The summed E-state index contributed by atoms with van der Waals surface area (Å²) < 4.78 is 4.89. The molecule has 2 aliphatic carbocycles. The summed E-state index contributed by atoms with van der Waals surface area (Å²) in [4.78, 5) is 14.0. The Kier molecular flexibility index (Phi) is 8.44. The lowest BCUT2D eigenvalue weighted by atomic mass is 9.88. The van der Waals surface area contributed by atoms with Crippen LogP contribution in [0.2, 0.25) is 0 Å². The molecule has 2 rings (SSSR count). The lowest BCUT2D eigenvalue weighted by molar-refractivity contribution is -0.137. The minimum Gasteiger partial charge on any atom is -0.463 e. The molecule has 2 fully saturated rings. The van der Waals surface area contributed by atoms with E-state index in [1.807, 2.05) is 13.0 Å². The molecule has 0 atom stereocenters. The Balaban J connectivity index is 1.87. The molecule has 0 aromatic heterocycles. The third kappa shape index (κ3) is 6.50. The van der Waals surface area contributed by atoms with Gasteiger partial charge < -0.3 is 4.74 Å². The van der Waals surface area contributed by atoms with Crippen molar-refractivity contribution in [2.45, 2.75) is 83.2 Å². The number of nitrogens with zero attached hydrogens (tertiary/aromatic N) is 1. The van der Waals surface area contributed by atoms with E-state index in [0.717, 1.165) is 18.6 Å². The molecule has 0 saturated heterocycles. The summed E-state index contributed by atoms with van der Waals surface area (Å²) >= 11 is 0. The van der Waals surface area contributed by atoms with Crippen LogP contribution >= 0.6 is 0 Å². The highest BCUT2D eigenvalue weighted by Gasteiger charge is 2.27. The highest BCUT2D eigenvalue weighted by Crippen LogP contribution is 2.29. The zero-order chi connectivity index (χ0) is 16.3. The van der Waals surface area contributed by atoms with E-state index in [1.165, 1.54) is 70.3 Å². The first kappa shape index (κ1) is 18.3. The average Bonchev–Trinajstić information content (AvgIpc) is 2.60. The molecular weight excluding hydrogens is 286 g/mol. The highest BCUT2D eigenvalue weighted by molar-refractivity contribution is 5.82. The van der Waals surface area contributed by atoms with Crippen LogP contribution in [0.15, 0.2) is 24.3 Å². The Morgan fingerprint density at radius 1 is 0.957 bits per heavy atom. The van der Waals surface area contributed by atoms with Crippen molar-refractivity contribution >= 4 is 5.97 Å². The summed E-state index contributed by atoms with van der Waals surface area (Å²) in [7, 11) is 0. The van der Waals surface area contributed by atoms with Gasteiger partial charge in [0.15, 0.2) is 0 Å². The van der Waals surface area contributed by atoms with Gasteiger partial charge in [-0.25, -0.2) is 4.79 Å². The van der Waals surface area contributed by atoms with Crippen LogP contribution < -0.4 is 0 Å². The van der Waals surface area contributed by atoms with Gasteiger partial charge >= 0.3 is 5.97 Å². The average molecular weight is 319 g/mol. The van der Waals surface area contributed by atoms with Gasteiger partial charge in [-0.05, 0) is 32.6 Å². The van der Waals surface area contributed by atoms with Gasteiger partial charge in [-0.1, -0.05) is 56.8 Å². The number of ether oxygens (including phenoxy) is 1. The monoisotopic (exact) mass is 319 g/mol. The van der Waals surface area contributed by atoms with E-state index in [4.69, 9.17) is 4.74 Å². The van der Waals surface area contributed by atoms with Gasteiger partial charge in [0.05, 0.1) is 6.61 Å². The second-order valence-electron chi connectivity index (χ2n) is 6.82. The van der Waals surface area contributed by atoms with Crippen LogP contribution in [0.25, 0.3) is 0 Å². The lowest BCUT2D eigenvalue weighted by Gasteiger charge is -2.41. The van der Waals surface area contributed by atoms with Gasteiger partial charge in [-0.2, -0.15) is 0 Å². The number of carbonyl (C=O) groups is 1. The van der Waals surface area contributed by atoms with Crippen LogP contribution in [0.1, 0.15) is 71.1 Å². The van der Waals surface area contributed by atoms with Crippen LogP contribution in [0, 0.1) is 0 Å². The number of rotatable bonds is 7. The number of esters is 1. The van der Waals surface area contributed by atoms with Crippen molar-refractivity contribution in [3.8, 4) is 0 Å². The maximum atomic E-state index is 11.3. The Morgan fingerprint density at radius 2 is 1.52 bits per heavy atom. The van der Waals surface area contributed by atoms with Crippen molar-refractivity contribution in [1.29, 1.82) is 0 Å². The minimum absolute atomic E-state index is 0.256. The Bertz CT molecular complexity index is 372. The van der Waals surface area contributed by atoms with Crippen molar-refractivity contribution in [3.05, 3.63) is 24.3 Å². The third-order valence-electron chi connectivity index (χ3n) is 5.17. The molecule has 0 aromatic carbocycles. The summed E-state index contributed by atoms with van der Waals surface area (Å²) in [6, 6.07) is 1.54. The molecule has 3 heteroatoms. The van der Waals surface area contributed by atoms with Crippen LogP contribution in [0.5, 0.6) is 0 Å². The molecule has 0 aliphatic heterocycles. The Morgan fingerprint density at radius 3 is 2.04 bits per heavy atom. The van der Waals surface area contributed by atoms with Gasteiger partial charge in [0.25, 0.3) is 0 Å². The topological polar surface area (TPSA) is 29.5 Å². The Hall–Kier alpha value is -1.09. The molecule has 0 bridgehead atoms. The van der Waals surface area contributed by atoms with Gasteiger partial charge in [0.1, 0.15) is 0 Å². The van der Waals surface area contributed by atoms with E-state index in [0.29, 0.717) is 6.61 Å². The maximum Gasteiger partial charge on any atom is 0.330 e. The van der Waals surface area contributed by atoms with Crippen LogP contribution in [-0.4, -0.2) is 36.1 Å². The molecule has 23 heavy (non-hydrogen) atoms. The minimum atomic E-state index is -0.256.